The number of carbonyl (C=O) groups is 1. The van der Waals surface area contributed by atoms with E-state index in [0.29, 0.717) is 12.5 Å². The molecule has 1 atom stereocenters. The van der Waals surface area contributed by atoms with Gasteiger partial charge in [0, 0.05) is 12.0 Å². The number of nitrogens with one attached hydrogen (secondary N) is 1. The lowest BCUT2D eigenvalue weighted by molar-refractivity contribution is -0.146. The van der Waals surface area contributed by atoms with Crippen molar-refractivity contribution in [3.8, 4) is 0 Å². The first kappa shape index (κ1) is 15.0. The number of hydrogen-bond acceptors (Lipinski definition) is 2. The van der Waals surface area contributed by atoms with Crippen molar-refractivity contribution in [2.75, 3.05) is 6.54 Å². The number of rotatable bonds is 4. The minimum Gasteiger partial charge on any atom is -0.391 e. The topological polar surface area (TPSA) is 49.3 Å². The molecule has 2 N–H and O–H groups in total. The molecule has 0 aliphatic heterocycles. The van der Waals surface area contributed by atoms with Crippen LogP contribution in [-0.2, 0) is 4.79 Å². The van der Waals surface area contributed by atoms with Crippen molar-refractivity contribution in [1.29, 1.82) is 0 Å². The van der Waals surface area contributed by atoms with E-state index < -0.39 is 0 Å². The Balaban J connectivity index is 1.34. The van der Waals surface area contributed by atoms with E-state index in [1.165, 1.54) is 38.5 Å². The van der Waals surface area contributed by atoms with E-state index in [-0.39, 0.29) is 17.4 Å². The molecule has 4 bridgehead atoms. The highest BCUT2D eigenvalue weighted by molar-refractivity contribution is 5.83. The lowest BCUT2D eigenvalue weighted by Gasteiger charge is -2.55. The lowest BCUT2D eigenvalue weighted by Crippen LogP contribution is -2.54. The maximum Gasteiger partial charge on any atom is 0.226 e. The number of aliphatic hydroxyl groups is 1. The summed E-state index contributed by atoms with van der Waals surface area (Å²) >= 11 is 0. The van der Waals surface area contributed by atoms with Crippen molar-refractivity contribution in [3.05, 3.63) is 0 Å². The minimum atomic E-state index is -0.335. The van der Waals surface area contributed by atoms with Crippen molar-refractivity contribution >= 4 is 5.91 Å². The first-order valence-corrected chi connectivity index (χ1v) is 9.61. The van der Waals surface area contributed by atoms with Gasteiger partial charge in [-0.25, -0.2) is 0 Å². The first-order chi connectivity index (χ1) is 10.6. The third-order valence-corrected chi connectivity index (χ3v) is 7.19. The van der Waals surface area contributed by atoms with Crippen molar-refractivity contribution in [1.82, 2.24) is 5.32 Å². The summed E-state index contributed by atoms with van der Waals surface area (Å²) in [7, 11) is 0. The molecular formula is C19H31NO2. The molecule has 3 heteroatoms. The van der Waals surface area contributed by atoms with Crippen LogP contribution in [0.15, 0.2) is 0 Å². The normalized spacial score (nSPS) is 42.3. The van der Waals surface area contributed by atoms with Crippen LogP contribution in [0, 0.1) is 29.1 Å². The van der Waals surface area contributed by atoms with Gasteiger partial charge in [0.15, 0.2) is 0 Å². The van der Waals surface area contributed by atoms with E-state index in [0.717, 1.165) is 49.9 Å². The van der Waals surface area contributed by atoms with E-state index in [2.05, 4.69) is 5.32 Å². The van der Waals surface area contributed by atoms with Crippen LogP contribution in [0.1, 0.15) is 70.6 Å². The van der Waals surface area contributed by atoms with E-state index in [4.69, 9.17) is 0 Å². The summed E-state index contributed by atoms with van der Waals surface area (Å²) < 4.78 is 0. The molecular weight excluding hydrogens is 274 g/mol. The highest BCUT2D eigenvalue weighted by Crippen LogP contribution is 2.60. The summed E-state index contributed by atoms with van der Waals surface area (Å²) in [6, 6.07) is 0. The molecule has 124 valence electrons. The standard InChI is InChI=1S/C19H31NO2/c21-17(16-4-2-1-3-5-16)12-20-18(22)19-9-13-6-14(10-19)8-15(7-13)11-19/h13-17,21H,1-12H2,(H,20,22). The van der Waals surface area contributed by atoms with Gasteiger partial charge < -0.3 is 10.4 Å². The Morgan fingerprint density at radius 2 is 1.55 bits per heavy atom. The summed E-state index contributed by atoms with van der Waals surface area (Å²) in [6.45, 7) is 0.477. The van der Waals surface area contributed by atoms with Crippen LogP contribution in [0.4, 0.5) is 0 Å². The predicted molar refractivity (Wildman–Crippen MR) is 86.2 cm³/mol. The molecule has 5 aliphatic carbocycles. The van der Waals surface area contributed by atoms with E-state index in [1.807, 2.05) is 0 Å². The van der Waals surface area contributed by atoms with E-state index in [9.17, 15) is 9.90 Å². The Morgan fingerprint density at radius 1 is 1.00 bits per heavy atom. The molecule has 5 rings (SSSR count). The van der Waals surface area contributed by atoms with Crippen molar-refractivity contribution in [2.45, 2.75) is 76.7 Å². The fourth-order valence-corrected chi connectivity index (χ4v) is 6.46. The van der Waals surface area contributed by atoms with Crippen LogP contribution in [0.2, 0.25) is 0 Å². The second kappa shape index (κ2) is 5.81. The van der Waals surface area contributed by atoms with E-state index >= 15 is 0 Å². The maximum absolute atomic E-state index is 12.9. The molecule has 0 saturated heterocycles. The molecule has 0 aromatic heterocycles. The molecule has 0 aromatic carbocycles. The third-order valence-electron chi connectivity index (χ3n) is 7.19. The smallest absolute Gasteiger partial charge is 0.226 e. The van der Waals surface area contributed by atoms with Gasteiger partial charge in [0.25, 0.3) is 0 Å². The second-order valence-electron chi connectivity index (χ2n) is 8.87. The highest BCUT2D eigenvalue weighted by atomic mass is 16.3. The highest BCUT2D eigenvalue weighted by Gasteiger charge is 2.54. The Labute approximate surface area is 134 Å². The summed E-state index contributed by atoms with van der Waals surface area (Å²) in [5.74, 6) is 3.09. The van der Waals surface area contributed by atoms with Gasteiger partial charge in [-0.1, -0.05) is 19.3 Å². The van der Waals surface area contributed by atoms with Gasteiger partial charge in [0.05, 0.1) is 6.10 Å². The molecule has 0 heterocycles. The minimum absolute atomic E-state index is 0.0684. The van der Waals surface area contributed by atoms with Gasteiger partial charge in [-0.05, 0) is 75.0 Å². The summed E-state index contributed by atoms with van der Waals surface area (Å²) in [6.07, 6.45) is 13.2. The second-order valence-corrected chi connectivity index (χ2v) is 8.87. The Morgan fingerprint density at radius 3 is 2.09 bits per heavy atom. The number of hydrogen-bond donors (Lipinski definition) is 2. The first-order valence-electron chi connectivity index (χ1n) is 9.61. The van der Waals surface area contributed by atoms with Gasteiger partial charge >= 0.3 is 0 Å². The average molecular weight is 305 g/mol. The SMILES string of the molecule is O=C(NCC(O)C1CCCCC1)C12CC3CC(CC(C3)C1)C2. The molecule has 0 spiro atoms. The fraction of sp³-hybridized carbons (Fsp3) is 0.947. The molecule has 22 heavy (non-hydrogen) atoms. The lowest BCUT2D eigenvalue weighted by atomic mass is 9.49. The van der Waals surface area contributed by atoms with Crippen molar-refractivity contribution in [2.24, 2.45) is 29.1 Å². The summed E-state index contributed by atoms with van der Waals surface area (Å²) in [5.41, 5.74) is -0.0684. The van der Waals surface area contributed by atoms with Crippen molar-refractivity contribution < 1.29 is 9.90 Å². The van der Waals surface area contributed by atoms with Gasteiger partial charge in [0.2, 0.25) is 5.91 Å². The van der Waals surface area contributed by atoms with Gasteiger partial charge in [-0.3, -0.25) is 4.79 Å². The van der Waals surface area contributed by atoms with Crippen LogP contribution >= 0.6 is 0 Å². The zero-order valence-corrected chi connectivity index (χ0v) is 13.7. The Kier molecular flexibility index (Phi) is 3.96. The average Bonchev–Trinajstić information content (AvgIpc) is 2.51. The van der Waals surface area contributed by atoms with Crippen LogP contribution in [0.5, 0.6) is 0 Å². The third kappa shape index (κ3) is 2.70. The van der Waals surface area contributed by atoms with Gasteiger partial charge in [-0.2, -0.15) is 0 Å². The van der Waals surface area contributed by atoms with Gasteiger partial charge in [-0.15, -0.1) is 0 Å². The number of amides is 1. The molecule has 5 saturated carbocycles. The van der Waals surface area contributed by atoms with E-state index in [1.54, 1.807) is 0 Å². The van der Waals surface area contributed by atoms with Crippen LogP contribution in [0.3, 0.4) is 0 Å². The van der Waals surface area contributed by atoms with Gasteiger partial charge in [0.1, 0.15) is 0 Å². The molecule has 5 aliphatic rings. The number of carbonyl (C=O) groups excluding carboxylic acids is 1. The fourth-order valence-electron chi connectivity index (χ4n) is 6.46. The zero-order chi connectivity index (χ0) is 15.2. The van der Waals surface area contributed by atoms with Crippen LogP contribution in [0.25, 0.3) is 0 Å². The molecule has 0 radical (unpaired) electrons. The largest absolute Gasteiger partial charge is 0.391 e. The molecule has 0 aromatic rings. The number of aliphatic hydroxyl groups excluding tert-OH is 1. The predicted octanol–water partition coefficient (Wildman–Crippen LogP) is 3.26. The molecule has 1 amide bonds. The van der Waals surface area contributed by atoms with Crippen LogP contribution in [-0.4, -0.2) is 23.7 Å². The monoisotopic (exact) mass is 305 g/mol. The van der Waals surface area contributed by atoms with Crippen LogP contribution < -0.4 is 5.32 Å². The molecule has 5 fully saturated rings. The quantitative estimate of drug-likeness (QED) is 0.837. The molecule has 3 nitrogen and oxygen atoms in total. The maximum atomic E-state index is 12.9. The Bertz CT molecular complexity index is 392. The zero-order valence-electron chi connectivity index (χ0n) is 13.7. The summed E-state index contributed by atoms with van der Waals surface area (Å²) in [4.78, 5) is 12.9. The Hall–Kier alpha value is -0.570. The summed E-state index contributed by atoms with van der Waals surface area (Å²) in [5, 5.41) is 13.5. The van der Waals surface area contributed by atoms with Crippen molar-refractivity contribution in [3.63, 3.8) is 0 Å². The molecule has 1 unspecified atom stereocenters.